The molecule has 1 aromatic carbocycles. The van der Waals surface area contributed by atoms with Crippen molar-refractivity contribution in [3.8, 4) is 11.3 Å². The molecule has 0 saturated carbocycles. The van der Waals surface area contributed by atoms with E-state index in [0.717, 1.165) is 34.9 Å². The van der Waals surface area contributed by atoms with Crippen LogP contribution in [0.25, 0.3) is 22.2 Å². The number of anilines is 1. The summed E-state index contributed by atoms with van der Waals surface area (Å²) < 4.78 is 3.33. The van der Waals surface area contributed by atoms with Crippen LogP contribution in [0.5, 0.6) is 0 Å². The van der Waals surface area contributed by atoms with Crippen LogP contribution >= 0.6 is 27.5 Å². The second-order valence-corrected chi connectivity index (χ2v) is 7.01. The highest BCUT2D eigenvalue weighted by Crippen LogP contribution is 2.37. The molecular formula is C16H15BrClN5. The summed E-state index contributed by atoms with van der Waals surface area (Å²) in [6, 6.07) is 6.71. The molecule has 118 valence electrons. The van der Waals surface area contributed by atoms with Crippen molar-refractivity contribution in [1.29, 1.82) is 0 Å². The number of hydrogen-bond acceptors (Lipinski definition) is 4. The first-order valence-electron chi connectivity index (χ1n) is 7.42. The highest BCUT2D eigenvalue weighted by atomic mass is 79.9. The summed E-state index contributed by atoms with van der Waals surface area (Å²) in [5, 5.41) is 5.02. The van der Waals surface area contributed by atoms with Crippen molar-refractivity contribution >= 4 is 44.4 Å². The molecule has 1 aliphatic heterocycles. The third-order valence-corrected chi connectivity index (χ3v) is 5.01. The Morgan fingerprint density at radius 3 is 3.04 bits per heavy atom. The lowest BCUT2D eigenvalue weighted by Gasteiger charge is -2.12. The minimum atomic E-state index is 0.225. The Labute approximate surface area is 147 Å². The maximum Gasteiger partial charge on any atom is 0.220 e. The Balaban J connectivity index is 1.98. The van der Waals surface area contributed by atoms with Gasteiger partial charge in [0.05, 0.1) is 16.9 Å². The van der Waals surface area contributed by atoms with Crippen LogP contribution in [0.2, 0.25) is 5.02 Å². The summed E-state index contributed by atoms with van der Waals surface area (Å²) in [5.74, 6) is 0.225. The summed E-state index contributed by atoms with van der Waals surface area (Å²) in [4.78, 5) is 8.31. The molecule has 3 heterocycles. The second-order valence-electron chi connectivity index (χ2n) is 5.68. The molecule has 3 N–H and O–H groups in total. The minimum absolute atomic E-state index is 0.225. The molecule has 0 radical (unpaired) electrons. The van der Waals surface area contributed by atoms with Crippen molar-refractivity contribution in [2.24, 2.45) is 0 Å². The van der Waals surface area contributed by atoms with Crippen LogP contribution in [0.1, 0.15) is 12.5 Å². The van der Waals surface area contributed by atoms with Gasteiger partial charge >= 0.3 is 0 Å². The van der Waals surface area contributed by atoms with Crippen LogP contribution in [-0.4, -0.2) is 27.6 Å². The van der Waals surface area contributed by atoms with E-state index in [0.29, 0.717) is 16.8 Å². The van der Waals surface area contributed by atoms with Crippen LogP contribution in [0.4, 0.5) is 5.95 Å². The first-order chi connectivity index (χ1) is 11.1. The maximum atomic E-state index is 6.33. The lowest BCUT2D eigenvalue weighted by atomic mass is 10.1. The third kappa shape index (κ3) is 2.60. The van der Waals surface area contributed by atoms with Gasteiger partial charge in [-0.05, 0) is 31.2 Å². The maximum absolute atomic E-state index is 6.33. The van der Waals surface area contributed by atoms with E-state index >= 15 is 0 Å². The zero-order chi connectivity index (χ0) is 16.0. The average Bonchev–Trinajstić information content (AvgIpc) is 3.16. The molecule has 1 aliphatic rings. The summed E-state index contributed by atoms with van der Waals surface area (Å²) in [5.41, 5.74) is 8.58. The number of nitrogens with one attached hydrogen (secondary N) is 1. The number of benzene rings is 1. The van der Waals surface area contributed by atoms with E-state index in [-0.39, 0.29) is 5.95 Å². The number of aromatic nitrogens is 3. The van der Waals surface area contributed by atoms with Crippen molar-refractivity contribution in [3.63, 3.8) is 0 Å². The topological polar surface area (TPSA) is 68.8 Å². The Kier molecular flexibility index (Phi) is 3.75. The first kappa shape index (κ1) is 14.9. The van der Waals surface area contributed by atoms with Gasteiger partial charge in [0.1, 0.15) is 0 Å². The molecule has 1 saturated heterocycles. The van der Waals surface area contributed by atoms with Gasteiger partial charge in [0.2, 0.25) is 5.95 Å². The van der Waals surface area contributed by atoms with Gasteiger partial charge in [-0.1, -0.05) is 27.5 Å². The second kappa shape index (κ2) is 5.78. The minimum Gasteiger partial charge on any atom is -0.368 e. The van der Waals surface area contributed by atoms with Crippen LogP contribution in [0.3, 0.4) is 0 Å². The van der Waals surface area contributed by atoms with Crippen LogP contribution in [0, 0.1) is 0 Å². The Bertz CT molecular complexity index is 886. The zero-order valence-corrected chi connectivity index (χ0v) is 14.6. The van der Waals surface area contributed by atoms with Gasteiger partial charge in [-0.25, -0.2) is 9.97 Å². The molecule has 1 fully saturated rings. The van der Waals surface area contributed by atoms with Crippen LogP contribution in [-0.2, 0) is 0 Å². The van der Waals surface area contributed by atoms with Gasteiger partial charge in [0.25, 0.3) is 0 Å². The van der Waals surface area contributed by atoms with E-state index in [1.165, 1.54) is 5.52 Å². The predicted molar refractivity (Wildman–Crippen MR) is 96.6 cm³/mol. The standard InChI is InChI=1S/C16H15BrClN5/c17-9-1-2-14-11(5-9)12(8-23(14)10-3-4-20-6-10)15-13(18)7-21-16(19)22-15/h1-2,5,7-8,10,20H,3-4,6H2,(H2,19,21,22). The smallest absolute Gasteiger partial charge is 0.220 e. The Morgan fingerprint density at radius 2 is 2.26 bits per heavy atom. The van der Waals surface area contributed by atoms with Gasteiger partial charge in [0, 0.05) is 39.7 Å². The van der Waals surface area contributed by atoms with E-state index in [4.69, 9.17) is 17.3 Å². The number of halogens is 2. The van der Waals surface area contributed by atoms with Crippen LogP contribution in [0.15, 0.2) is 35.1 Å². The van der Waals surface area contributed by atoms with E-state index in [2.05, 4.69) is 60.2 Å². The van der Waals surface area contributed by atoms with E-state index in [1.807, 2.05) is 0 Å². The van der Waals surface area contributed by atoms with Gasteiger partial charge in [-0.15, -0.1) is 0 Å². The molecule has 3 aromatic rings. The molecular weight excluding hydrogens is 378 g/mol. The quantitative estimate of drug-likeness (QED) is 0.699. The van der Waals surface area contributed by atoms with Crippen molar-refractivity contribution < 1.29 is 0 Å². The van der Waals surface area contributed by atoms with E-state index < -0.39 is 0 Å². The Hall–Kier alpha value is -1.63. The number of nitrogens with two attached hydrogens (primary N) is 1. The highest BCUT2D eigenvalue weighted by Gasteiger charge is 2.22. The molecule has 1 unspecified atom stereocenters. The molecule has 0 bridgehead atoms. The molecule has 4 rings (SSSR count). The van der Waals surface area contributed by atoms with Gasteiger partial charge in [-0.2, -0.15) is 0 Å². The highest BCUT2D eigenvalue weighted by molar-refractivity contribution is 9.10. The van der Waals surface area contributed by atoms with Crippen molar-refractivity contribution in [2.45, 2.75) is 12.5 Å². The van der Waals surface area contributed by atoms with Crippen molar-refractivity contribution in [1.82, 2.24) is 19.9 Å². The monoisotopic (exact) mass is 391 g/mol. The number of nitrogen functional groups attached to an aromatic ring is 1. The van der Waals surface area contributed by atoms with Gasteiger partial charge in [0.15, 0.2) is 0 Å². The molecule has 0 spiro atoms. The molecule has 0 aliphatic carbocycles. The Morgan fingerprint density at radius 1 is 1.39 bits per heavy atom. The number of rotatable bonds is 2. The lowest BCUT2D eigenvalue weighted by Crippen LogP contribution is -2.12. The fourth-order valence-corrected chi connectivity index (χ4v) is 3.72. The summed E-state index contributed by atoms with van der Waals surface area (Å²) in [6.45, 7) is 2.01. The molecule has 1 atom stereocenters. The number of hydrogen-bond donors (Lipinski definition) is 2. The lowest BCUT2D eigenvalue weighted by molar-refractivity contribution is 0.566. The number of nitrogens with zero attached hydrogens (tertiary/aromatic N) is 3. The SMILES string of the molecule is Nc1ncc(Cl)c(-c2cn(C3CCNC3)c3ccc(Br)cc23)n1. The number of fused-ring (bicyclic) bond motifs is 1. The largest absolute Gasteiger partial charge is 0.368 e. The van der Waals surface area contributed by atoms with Crippen LogP contribution < -0.4 is 11.1 Å². The predicted octanol–water partition coefficient (Wildman–Crippen LogP) is 3.63. The third-order valence-electron chi connectivity index (χ3n) is 4.24. The zero-order valence-electron chi connectivity index (χ0n) is 12.3. The normalized spacial score (nSPS) is 17.9. The molecule has 0 amide bonds. The average molecular weight is 393 g/mol. The van der Waals surface area contributed by atoms with E-state index in [1.54, 1.807) is 6.20 Å². The van der Waals surface area contributed by atoms with Gasteiger partial charge < -0.3 is 15.6 Å². The molecule has 7 heteroatoms. The fraction of sp³-hybridized carbons (Fsp3) is 0.250. The van der Waals surface area contributed by atoms with Crippen molar-refractivity contribution in [2.75, 3.05) is 18.8 Å². The summed E-state index contributed by atoms with van der Waals surface area (Å²) in [6.07, 6.45) is 4.79. The van der Waals surface area contributed by atoms with Gasteiger partial charge in [-0.3, -0.25) is 0 Å². The molecule has 23 heavy (non-hydrogen) atoms. The summed E-state index contributed by atoms with van der Waals surface area (Å²) >= 11 is 9.88. The summed E-state index contributed by atoms with van der Waals surface area (Å²) in [7, 11) is 0. The molecule has 5 nitrogen and oxygen atoms in total. The van der Waals surface area contributed by atoms with Crippen molar-refractivity contribution in [3.05, 3.63) is 40.1 Å². The van der Waals surface area contributed by atoms with E-state index in [9.17, 15) is 0 Å². The fourth-order valence-electron chi connectivity index (χ4n) is 3.16. The molecule has 2 aromatic heterocycles. The first-order valence-corrected chi connectivity index (χ1v) is 8.60.